The molecule has 0 spiro atoms. The molecule has 59 heavy (non-hydrogen) atoms. The highest BCUT2D eigenvalue weighted by Crippen LogP contribution is 2.76. The summed E-state index contributed by atoms with van der Waals surface area (Å²) in [7, 11) is -0.881. The number of nitrogens with one attached hydrogen (secondary N) is 1. The molecule has 1 saturated heterocycles. The smallest absolute Gasteiger partial charge is 0.313 e. The Bertz CT molecular complexity index is 2050. The number of hydrogen-bond acceptors (Lipinski definition) is 6. The van der Waals surface area contributed by atoms with Gasteiger partial charge in [0, 0.05) is 37.9 Å². The van der Waals surface area contributed by atoms with E-state index in [0.29, 0.717) is 53.4 Å². The molecule has 5 fully saturated rings. The monoisotopic (exact) mass is 823 g/mol. The van der Waals surface area contributed by atoms with Crippen molar-refractivity contribution >= 4 is 26.9 Å². The number of fused-ring (bicyclic) bond motifs is 7. The van der Waals surface area contributed by atoms with Gasteiger partial charge in [-0.25, -0.2) is 14.2 Å². The van der Waals surface area contributed by atoms with Gasteiger partial charge in [-0.2, -0.15) is 5.26 Å². The van der Waals surface area contributed by atoms with Gasteiger partial charge in [0.15, 0.2) is 0 Å². The highest BCUT2D eigenvalue weighted by atomic mass is 32.2. The van der Waals surface area contributed by atoms with Crippen LogP contribution in [0, 0.1) is 68.0 Å². The molecular weight excluding hydrogens is 749 g/mol. The highest BCUT2D eigenvalue weighted by Gasteiger charge is 2.70. The average molecular weight is 823 g/mol. The Balaban J connectivity index is 1.01. The molecule has 1 aliphatic heterocycles. The highest BCUT2D eigenvalue weighted by molar-refractivity contribution is 8.27. The van der Waals surface area contributed by atoms with Crippen LogP contribution < -0.4 is 10.1 Å². The number of rotatable bonds is 10. The average Bonchev–Trinajstić information content (AvgIpc) is 3.58. The third-order valence-electron chi connectivity index (χ3n) is 19.0. The van der Waals surface area contributed by atoms with Crippen molar-refractivity contribution in [2.75, 3.05) is 44.3 Å². The fourth-order valence-electron chi connectivity index (χ4n) is 15.5. The first-order valence-electron chi connectivity index (χ1n) is 23.0. The molecule has 2 N–H and O–H groups in total. The van der Waals surface area contributed by atoms with Crippen LogP contribution >= 0.6 is 9.21 Å². The third-order valence-corrected chi connectivity index (χ3v) is 21.1. The van der Waals surface area contributed by atoms with Gasteiger partial charge >= 0.3 is 5.97 Å². The molecule has 10 atom stereocenters. The number of aromatic nitrogens is 1. The molecule has 2 heterocycles. The largest absolute Gasteiger partial charge is 0.481 e. The molecule has 6 aliphatic carbocycles. The molecule has 8 heteroatoms. The number of ether oxygens (including phenoxy) is 1. The summed E-state index contributed by atoms with van der Waals surface area (Å²) in [6, 6.07) is 5.46. The van der Waals surface area contributed by atoms with Gasteiger partial charge in [-0.1, -0.05) is 70.7 Å². The maximum absolute atomic E-state index is 12.8. The number of hydrogen-bond donors (Lipinski definition) is 2. The van der Waals surface area contributed by atoms with Gasteiger partial charge in [0.1, 0.15) is 23.7 Å². The summed E-state index contributed by atoms with van der Waals surface area (Å²) in [5.74, 6) is 13.8. The van der Waals surface area contributed by atoms with Crippen molar-refractivity contribution in [1.29, 1.82) is 5.26 Å². The second kappa shape index (κ2) is 15.2. The fourth-order valence-corrected chi connectivity index (χ4v) is 17.0. The third kappa shape index (κ3) is 6.91. The number of nitrogens with zero attached hydrogens (tertiary/aromatic N) is 3. The van der Waals surface area contributed by atoms with E-state index >= 15 is 0 Å². The van der Waals surface area contributed by atoms with Crippen molar-refractivity contribution in [2.24, 2.45) is 56.7 Å². The number of nitriles is 1. The lowest BCUT2D eigenvalue weighted by Crippen LogP contribution is -2.68. The van der Waals surface area contributed by atoms with Gasteiger partial charge in [-0.15, -0.1) is 0 Å². The van der Waals surface area contributed by atoms with Crippen molar-refractivity contribution in [3.63, 3.8) is 0 Å². The Hall–Kier alpha value is -2.86. The Labute approximate surface area is 357 Å². The van der Waals surface area contributed by atoms with Crippen molar-refractivity contribution in [3.8, 4) is 11.9 Å². The molecule has 322 valence electrons. The number of aliphatic carboxylic acids is 1. The Morgan fingerprint density at radius 3 is 2.44 bits per heavy atom. The van der Waals surface area contributed by atoms with Gasteiger partial charge in [0.05, 0.1) is 0 Å². The summed E-state index contributed by atoms with van der Waals surface area (Å²) in [4.78, 5) is 19.7. The van der Waals surface area contributed by atoms with E-state index in [-0.39, 0.29) is 34.3 Å². The van der Waals surface area contributed by atoms with Gasteiger partial charge in [-0.3, -0.25) is 4.79 Å². The number of carboxylic acid groups (broad SMARTS) is 1. The zero-order valence-electron chi connectivity index (χ0n) is 37.3. The molecule has 4 saturated carbocycles. The maximum atomic E-state index is 12.8. The zero-order valence-corrected chi connectivity index (χ0v) is 38.2. The molecule has 7 nitrogen and oxygen atoms in total. The van der Waals surface area contributed by atoms with Gasteiger partial charge in [-0.05, 0) is 170 Å². The molecule has 0 bridgehead atoms. The summed E-state index contributed by atoms with van der Waals surface area (Å²) >= 11 is 0. The normalized spacial score (nSPS) is 41.1. The molecule has 0 radical (unpaired) electrons. The molecule has 0 aromatic carbocycles. The van der Waals surface area contributed by atoms with E-state index in [9.17, 15) is 15.2 Å². The second-order valence-electron chi connectivity index (χ2n) is 22.1. The molecule has 0 amide bonds. The van der Waals surface area contributed by atoms with Crippen LogP contribution in [0.5, 0.6) is 5.88 Å². The summed E-state index contributed by atoms with van der Waals surface area (Å²) in [6.07, 6.45) is 19.5. The first kappa shape index (κ1) is 42.8. The predicted octanol–water partition coefficient (Wildman–Crippen LogP) is 10.0. The van der Waals surface area contributed by atoms with Crippen molar-refractivity contribution < 1.29 is 14.6 Å². The van der Waals surface area contributed by atoms with Crippen molar-refractivity contribution in [1.82, 2.24) is 15.2 Å². The molecule has 8 rings (SSSR count). The van der Waals surface area contributed by atoms with Crippen LogP contribution in [0.25, 0.3) is 0 Å². The molecule has 7 aliphatic rings. The fraction of sp³-hybridized carbons (Fsp3) is 0.706. The topological polar surface area (TPSA) is 98.5 Å². The zero-order chi connectivity index (χ0) is 42.2. The number of allylic oxidation sites excluding steroid dienone is 5. The van der Waals surface area contributed by atoms with Crippen LogP contribution in [0.15, 0.2) is 53.8 Å². The molecule has 1 aromatic heterocycles. The van der Waals surface area contributed by atoms with Crippen LogP contribution in [0.4, 0.5) is 0 Å². The number of carbonyl (C=O) groups is 1. The van der Waals surface area contributed by atoms with Crippen LogP contribution in [0.2, 0.25) is 0 Å². The summed E-state index contributed by atoms with van der Waals surface area (Å²) < 4.78 is 5.96. The first-order chi connectivity index (χ1) is 27.8. The Morgan fingerprint density at radius 2 is 1.76 bits per heavy atom. The number of pyridine rings is 1. The molecular formula is C51H74N4O3S. The van der Waals surface area contributed by atoms with E-state index in [0.717, 1.165) is 39.0 Å². The van der Waals surface area contributed by atoms with Crippen molar-refractivity contribution in [3.05, 3.63) is 59.3 Å². The van der Waals surface area contributed by atoms with Gasteiger partial charge in [0.25, 0.3) is 0 Å². The van der Waals surface area contributed by atoms with Gasteiger partial charge in [0.2, 0.25) is 5.88 Å². The summed E-state index contributed by atoms with van der Waals surface area (Å²) in [6.45, 7) is 24.7. The number of carboxylic acids is 1. The summed E-state index contributed by atoms with van der Waals surface area (Å²) in [5.41, 5.74) is 4.49. The lowest BCUT2D eigenvalue weighted by molar-refractivity contribution is -0.221. The van der Waals surface area contributed by atoms with Crippen LogP contribution in [-0.2, 0) is 4.79 Å². The molecule has 2 unspecified atom stereocenters. The quantitative estimate of drug-likeness (QED) is 0.179. The van der Waals surface area contributed by atoms with Crippen LogP contribution in [0.1, 0.15) is 124 Å². The lowest BCUT2D eigenvalue weighted by Gasteiger charge is -2.72. The van der Waals surface area contributed by atoms with Gasteiger partial charge < -0.3 is 20.1 Å². The standard InChI is InChI=1S/C51H74N4O3S/c1-35(2)38-16-23-51(54-27-28-55-29-31-59(8,9)32-30-55)25-24-48(6)40(43(38)51)12-13-42-47(5)19-17-39(46(3,4)41(47)18-20-49(42,48)7)36-14-21-50(22-15-36,45(56)57)34-58-44-37(33-52)11-10-26-53-44/h10-11,14,17,26,38,40-43,54H,1,8-9,12-13,15-16,18-25,27-32,34H2,2-7H3,(H,56,57)/t38-,40+,41?,42?,43+,47-,48+,49+,50-,51-/m0/s1. The predicted molar refractivity (Wildman–Crippen MR) is 245 cm³/mol. The van der Waals surface area contributed by atoms with E-state index in [1.807, 2.05) is 0 Å². The first-order valence-corrected chi connectivity index (χ1v) is 25.3. The van der Waals surface area contributed by atoms with E-state index < -0.39 is 20.6 Å². The maximum Gasteiger partial charge on any atom is 0.313 e. The van der Waals surface area contributed by atoms with E-state index in [1.165, 1.54) is 79.6 Å². The van der Waals surface area contributed by atoms with E-state index in [2.05, 4.69) is 93.3 Å². The minimum Gasteiger partial charge on any atom is -0.481 e. The van der Waals surface area contributed by atoms with Crippen LogP contribution in [-0.4, -0.2) is 82.5 Å². The summed E-state index contributed by atoms with van der Waals surface area (Å²) in [5, 5.41) is 24.4. The minimum atomic E-state index is -1.04. The molecule has 1 aromatic rings. The van der Waals surface area contributed by atoms with Crippen LogP contribution in [0.3, 0.4) is 0 Å². The Kier molecular flexibility index (Phi) is 11.0. The SMILES string of the molecule is C=C(C)[C@@H]1CC[C@]2(NCCN3CCS(=C)(=C)CC3)CC[C@]3(C)[C@H](CCC4[C@@]5(C)CC=C(C6=CC[C@](COc7ncccc7C#N)(C(=O)O)CC6)C(C)(C)C5CC[C@]43C)[C@@H]12. The minimum absolute atomic E-state index is 0.000223. The van der Waals surface area contributed by atoms with E-state index in [4.69, 9.17) is 4.74 Å². The lowest BCUT2D eigenvalue weighted by atomic mass is 9.33. The second-order valence-corrected chi connectivity index (χ2v) is 25.3. The Morgan fingerprint density at radius 1 is 1.00 bits per heavy atom. The van der Waals surface area contributed by atoms with Crippen molar-refractivity contribution in [2.45, 2.75) is 124 Å². The van der Waals surface area contributed by atoms with E-state index in [1.54, 1.807) is 18.3 Å².